The first-order valence-electron chi connectivity index (χ1n) is 4.81. The third-order valence-electron chi connectivity index (χ3n) is 2.30. The highest BCUT2D eigenvalue weighted by Gasteiger charge is 2.34. The number of ether oxygens (including phenoxy) is 1. The van der Waals surface area contributed by atoms with Crippen LogP contribution in [0.3, 0.4) is 0 Å². The molecule has 7 heteroatoms. The summed E-state index contributed by atoms with van der Waals surface area (Å²) < 4.78 is 66.0. The van der Waals surface area contributed by atoms with Crippen LogP contribution in [0, 0.1) is 6.92 Å². The third kappa shape index (κ3) is 2.96. The van der Waals surface area contributed by atoms with E-state index >= 15 is 0 Å². The van der Waals surface area contributed by atoms with Gasteiger partial charge in [-0.05, 0) is 26.0 Å². The molecule has 0 N–H and O–H groups in total. The van der Waals surface area contributed by atoms with Crippen LogP contribution in [0.1, 0.15) is 28.4 Å². The molecule has 0 fully saturated rings. The highest BCUT2D eigenvalue weighted by Crippen LogP contribution is 2.38. The molecule has 2 nitrogen and oxygen atoms in total. The van der Waals surface area contributed by atoms with Gasteiger partial charge in [-0.3, -0.25) is 4.79 Å². The normalized spacial score (nSPS) is 11.8. The number of Topliss-reactive ketones (excluding diaryl/α,β-unsaturated/α-hetero) is 1. The van der Waals surface area contributed by atoms with Crippen LogP contribution >= 0.6 is 0 Å². The smallest absolute Gasteiger partial charge is 0.416 e. The van der Waals surface area contributed by atoms with Gasteiger partial charge in [-0.25, -0.2) is 0 Å². The largest absolute Gasteiger partial charge is 0.434 e. The van der Waals surface area contributed by atoms with E-state index in [0.717, 1.165) is 19.9 Å². The molecule has 0 bridgehead atoms. The lowest BCUT2D eigenvalue weighted by molar-refractivity contribution is -0.138. The van der Waals surface area contributed by atoms with Gasteiger partial charge in [-0.2, -0.15) is 22.0 Å². The summed E-state index contributed by atoms with van der Waals surface area (Å²) in [5.41, 5.74) is -1.94. The Balaban J connectivity index is 3.45. The maximum atomic E-state index is 12.6. The van der Waals surface area contributed by atoms with Crippen molar-refractivity contribution in [1.82, 2.24) is 0 Å². The van der Waals surface area contributed by atoms with Crippen molar-refractivity contribution >= 4 is 5.78 Å². The van der Waals surface area contributed by atoms with Crippen molar-refractivity contribution in [1.29, 1.82) is 0 Å². The van der Waals surface area contributed by atoms with Gasteiger partial charge in [-0.1, -0.05) is 0 Å². The summed E-state index contributed by atoms with van der Waals surface area (Å²) in [5.74, 6) is -1.38. The summed E-state index contributed by atoms with van der Waals surface area (Å²) in [6.45, 7) is -1.27. The molecule has 0 atom stereocenters. The first-order valence-corrected chi connectivity index (χ1v) is 4.81. The first kappa shape index (κ1) is 14.4. The summed E-state index contributed by atoms with van der Waals surface area (Å²) in [5, 5.41) is 0. The molecule has 100 valence electrons. The van der Waals surface area contributed by atoms with Crippen molar-refractivity contribution < 1.29 is 31.5 Å². The number of carbonyl (C=O) groups excluding carboxylic acids is 1. The van der Waals surface area contributed by atoms with E-state index in [-0.39, 0.29) is 5.56 Å². The first-order chi connectivity index (χ1) is 8.14. The van der Waals surface area contributed by atoms with Crippen LogP contribution in [0.4, 0.5) is 22.0 Å². The van der Waals surface area contributed by atoms with Crippen LogP contribution in [-0.4, -0.2) is 12.4 Å². The number of rotatable bonds is 3. The predicted molar refractivity (Wildman–Crippen MR) is 52.8 cm³/mol. The number of benzene rings is 1. The highest BCUT2D eigenvalue weighted by molar-refractivity contribution is 5.97. The Hall–Kier alpha value is -1.66. The molecule has 0 heterocycles. The lowest BCUT2D eigenvalue weighted by atomic mass is 10.0. The minimum absolute atomic E-state index is 0.305. The maximum absolute atomic E-state index is 12.6. The van der Waals surface area contributed by atoms with E-state index in [2.05, 4.69) is 4.74 Å². The fourth-order valence-corrected chi connectivity index (χ4v) is 1.52. The topological polar surface area (TPSA) is 26.3 Å². The Morgan fingerprint density at radius 2 is 1.83 bits per heavy atom. The molecule has 18 heavy (non-hydrogen) atoms. The minimum Gasteiger partial charge on any atom is -0.434 e. The van der Waals surface area contributed by atoms with Crippen LogP contribution < -0.4 is 4.74 Å². The Morgan fingerprint density at radius 1 is 1.28 bits per heavy atom. The molecule has 0 aromatic heterocycles. The van der Waals surface area contributed by atoms with Crippen LogP contribution in [0.2, 0.25) is 0 Å². The number of ketones is 1. The second-order valence-electron chi connectivity index (χ2n) is 3.55. The molecule has 0 aliphatic heterocycles. The van der Waals surface area contributed by atoms with Crippen molar-refractivity contribution in [2.24, 2.45) is 0 Å². The third-order valence-corrected chi connectivity index (χ3v) is 2.30. The second kappa shape index (κ2) is 4.91. The fourth-order valence-electron chi connectivity index (χ4n) is 1.52. The number of hydrogen-bond donors (Lipinski definition) is 0. The standard InChI is InChI=1S/C11H9F5O2/c1-5-8(11(14,15)16)4-3-7(6(2)17)9(5)18-10(12)13/h3-4,10H,1-2H3. The van der Waals surface area contributed by atoms with Gasteiger partial charge in [-0.15, -0.1) is 0 Å². The van der Waals surface area contributed by atoms with Gasteiger partial charge in [0.1, 0.15) is 5.75 Å². The Kier molecular flexibility index (Phi) is 3.93. The molecule has 0 aliphatic rings. The van der Waals surface area contributed by atoms with Gasteiger partial charge in [0.25, 0.3) is 0 Å². The predicted octanol–water partition coefficient (Wildman–Crippen LogP) is 3.82. The quantitative estimate of drug-likeness (QED) is 0.615. The van der Waals surface area contributed by atoms with E-state index in [0.29, 0.717) is 6.07 Å². The zero-order valence-corrected chi connectivity index (χ0v) is 9.44. The van der Waals surface area contributed by atoms with Crippen LogP contribution in [0.5, 0.6) is 5.75 Å². The van der Waals surface area contributed by atoms with E-state index in [4.69, 9.17) is 0 Å². The number of carbonyl (C=O) groups is 1. The van der Waals surface area contributed by atoms with E-state index in [9.17, 15) is 26.7 Å². The Morgan fingerprint density at radius 3 is 2.22 bits per heavy atom. The molecule has 0 spiro atoms. The summed E-state index contributed by atoms with van der Waals surface area (Å²) >= 11 is 0. The van der Waals surface area contributed by atoms with Crippen LogP contribution in [0.15, 0.2) is 12.1 Å². The zero-order valence-electron chi connectivity index (χ0n) is 9.44. The summed E-state index contributed by atoms with van der Waals surface area (Å²) in [6, 6.07) is 1.50. The number of hydrogen-bond acceptors (Lipinski definition) is 2. The average Bonchev–Trinajstić information content (AvgIpc) is 2.17. The molecule has 0 saturated heterocycles. The van der Waals surface area contributed by atoms with Gasteiger partial charge >= 0.3 is 12.8 Å². The molecule has 0 amide bonds. The fraction of sp³-hybridized carbons (Fsp3) is 0.364. The molecule has 1 rings (SSSR count). The van der Waals surface area contributed by atoms with Gasteiger partial charge < -0.3 is 4.74 Å². The number of alkyl halides is 5. The van der Waals surface area contributed by atoms with Crippen molar-refractivity contribution in [3.05, 3.63) is 28.8 Å². The van der Waals surface area contributed by atoms with Crippen molar-refractivity contribution in [2.45, 2.75) is 26.6 Å². The number of halogens is 5. The van der Waals surface area contributed by atoms with Gasteiger partial charge in [0.05, 0.1) is 11.1 Å². The van der Waals surface area contributed by atoms with Gasteiger partial charge in [0.15, 0.2) is 5.78 Å². The van der Waals surface area contributed by atoms with Crippen LogP contribution in [-0.2, 0) is 6.18 Å². The molecule has 1 aromatic rings. The molecular weight excluding hydrogens is 259 g/mol. The lowest BCUT2D eigenvalue weighted by Crippen LogP contribution is -2.13. The molecule has 0 saturated carbocycles. The van der Waals surface area contributed by atoms with Crippen LogP contribution in [0.25, 0.3) is 0 Å². The minimum atomic E-state index is -4.69. The van der Waals surface area contributed by atoms with Crippen molar-refractivity contribution in [3.63, 3.8) is 0 Å². The molecular formula is C11H9F5O2. The van der Waals surface area contributed by atoms with Crippen molar-refractivity contribution in [3.8, 4) is 5.75 Å². The van der Waals surface area contributed by atoms with Gasteiger partial charge in [0.2, 0.25) is 0 Å². The van der Waals surface area contributed by atoms with E-state index in [1.807, 2.05) is 0 Å². The summed E-state index contributed by atoms with van der Waals surface area (Å²) in [6.07, 6.45) is -4.69. The highest BCUT2D eigenvalue weighted by atomic mass is 19.4. The summed E-state index contributed by atoms with van der Waals surface area (Å²) in [7, 11) is 0. The molecule has 1 aromatic carbocycles. The summed E-state index contributed by atoms with van der Waals surface area (Å²) in [4.78, 5) is 11.2. The lowest BCUT2D eigenvalue weighted by Gasteiger charge is -2.16. The van der Waals surface area contributed by atoms with E-state index in [1.165, 1.54) is 0 Å². The molecule has 0 aliphatic carbocycles. The zero-order chi connectivity index (χ0) is 14.1. The Bertz CT molecular complexity index is 465. The maximum Gasteiger partial charge on any atom is 0.416 e. The van der Waals surface area contributed by atoms with Crippen molar-refractivity contribution in [2.75, 3.05) is 0 Å². The monoisotopic (exact) mass is 268 g/mol. The molecule has 0 unspecified atom stereocenters. The Labute approximate surface area is 99.4 Å². The second-order valence-corrected chi connectivity index (χ2v) is 3.55. The van der Waals surface area contributed by atoms with E-state index < -0.39 is 35.4 Å². The average molecular weight is 268 g/mol. The van der Waals surface area contributed by atoms with E-state index in [1.54, 1.807) is 0 Å². The molecule has 0 radical (unpaired) electrons. The SMILES string of the molecule is CC(=O)c1ccc(C(F)(F)F)c(C)c1OC(F)F. The van der Waals surface area contributed by atoms with Gasteiger partial charge in [0, 0.05) is 5.56 Å².